The van der Waals surface area contributed by atoms with Gasteiger partial charge in [-0.15, -0.1) is 0 Å². The van der Waals surface area contributed by atoms with Crippen LogP contribution in [0.5, 0.6) is 0 Å². The number of hydrogen-bond acceptors (Lipinski definition) is 2. The molecule has 0 aromatic heterocycles. The van der Waals surface area contributed by atoms with E-state index in [1.807, 2.05) is 24.3 Å². The van der Waals surface area contributed by atoms with Gasteiger partial charge in [0.15, 0.2) is 16.7 Å². The van der Waals surface area contributed by atoms with Crippen molar-refractivity contribution in [1.29, 1.82) is 0 Å². The second kappa shape index (κ2) is 6.72. The summed E-state index contributed by atoms with van der Waals surface area (Å²) in [7, 11) is 0. The molecule has 2 aromatic rings. The lowest BCUT2D eigenvalue weighted by molar-refractivity contribution is -0.113. The maximum Gasteiger partial charge on any atom is 0.281 e. The molecule has 0 spiro atoms. The molecule has 0 aliphatic carbocycles. The van der Waals surface area contributed by atoms with Crippen molar-refractivity contribution in [1.82, 2.24) is 5.32 Å². The summed E-state index contributed by atoms with van der Waals surface area (Å²) in [5, 5.41) is 2.96. The Morgan fingerprint density at radius 2 is 1.80 bits per heavy atom. The predicted molar refractivity (Wildman–Crippen MR) is 98.1 cm³/mol. The van der Waals surface area contributed by atoms with E-state index < -0.39 is 17.5 Å². The second-order valence-electron chi connectivity index (χ2n) is 6.02. The number of nitrogens with one attached hydrogen (secondary N) is 1. The van der Waals surface area contributed by atoms with E-state index in [0.717, 1.165) is 11.6 Å². The van der Waals surface area contributed by atoms with Crippen LogP contribution in [-0.4, -0.2) is 11.0 Å². The van der Waals surface area contributed by atoms with Gasteiger partial charge in [0, 0.05) is 5.56 Å². The minimum Gasteiger partial charge on any atom is -0.327 e. The van der Waals surface area contributed by atoms with Crippen molar-refractivity contribution < 1.29 is 13.6 Å². The third kappa shape index (κ3) is 3.30. The first-order chi connectivity index (χ1) is 11.9. The van der Waals surface area contributed by atoms with E-state index in [4.69, 9.17) is 12.2 Å². The maximum absolute atomic E-state index is 13.8. The molecule has 128 valence electrons. The fraction of sp³-hybridized carbons (Fsp3) is 0.158. The summed E-state index contributed by atoms with van der Waals surface area (Å²) in [4.78, 5) is 14.0. The van der Waals surface area contributed by atoms with E-state index in [2.05, 4.69) is 19.2 Å². The fourth-order valence-corrected chi connectivity index (χ4v) is 2.86. The lowest BCUT2D eigenvalue weighted by Gasteiger charge is -2.15. The summed E-state index contributed by atoms with van der Waals surface area (Å²) in [6.07, 6.45) is 1.26. The minimum atomic E-state index is -1.00. The van der Waals surface area contributed by atoms with Crippen molar-refractivity contribution >= 4 is 35.0 Å². The molecule has 6 heteroatoms. The van der Waals surface area contributed by atoms with Crippen LogP contribution in [0.3, 0.4) is 0 Å². The van der Waals surface area contributed by atoms with Gasteiger partial charge in [0.05, 0.1) is 5.69 Å². The van der Waals surface area contributed by atoms with Gasteiger partial charge < -0.3 is 5.32 Å². The van der Waals surface area contributed by atoms with Gasteiger partial charge in [0.25, 0.3) is 5.91 Å². The zero-order chi connectivity index (χ0) is 18.1. The number of thiocarbonyl (C=S) groups is 1. The lowest BCUT2D eigenvalue weighted by Crippen LogP contribution is -2.30. The van der Waals surface area contributed by atoms with Gasteiger partial charge in [-0.2, -0.15) is 0 Å². The standard InChI is InChI=1S/C19H16F2N2OS/c1-11(2)12-6-8-14(9-7-12)23-18(24)16(22-19(23)25)10-13-4-3-5-15(20)17(13)21/h3-11H,1-2H3,(H,22,25)/b16-10-. The summed E-state index contributed by atoms with van der Waals surface area (Å²) in [5.41, 5.74) is 1.85. The molecule has 3 nitrogen and oxygen atoms in total. The molecule has 2 aromatic carbocycles. The molecule has 25 heavy (non-hydrogen) atoms. The molecule has 0 atom stereocenters. The first-order valence-corrected chi connectivity index (χ1v) is 8.20. The molecule has 1 aliphatic heterocycles. The number of rotatable bonds is 3. The van der Waals surface area contributed by atoms with Crippen LogP contribution >= 0.6 is 12.2 Å². The summed E-state index contributed by atoms with van der Waals surface area (Å²) in [6, 6.07) is 11.3. The van der Waals surface area contributed by atoms with E-state index in [1.54, 1.807) is 0 Å². The number of hydrogen-bond donors (Lipinski definition) is 1. The number of amides is 1. The zero-order valence-electron chi connectivity index (χ0n) is 13.7. The van der Waals surface area contributed by atoms with Gasteiger partial charge in [-0.1, -0.05) is 38.1 Å². The number of carbonyl (C=O) groups is 1. The molecule has 1 saturated heterocycles. The van der Waals surface area contributed by atoms with E-state index in [1.165, 1.54) is 23.1 Å². The molecule has 0 unspecified atom stereocenters. The summed E-state index contributed by atoms with van der Waals surface area (Å²) >= 11 is 5.22. The molecule has 1 aliphatic rings. The fourth-order valence-electron chi connectivity index (χ4n) is 2.57. The van der Waals surface area contributed by atoms with Crippen molar-refractivity contribution in [2.75, 3.05) is 4.90 Å². The minimum absolute atomic E-state index is 0.0179. The molecule has 0 bridgehead atoms. The number of nitrogens with zero attached hydrogens (tertiary/aromatic N) is 1. The normalized spacial score (nSPS) is 16.0. The SMILES string of the molecule is CC(C)c1ccc(N2C(=O)/C(=C/c3cccc(F)c3F)NC2=S)cc1. The van der Waals surface area contributed by atoms with Crippen molar-refractivity contribution in [3.05, 3.63) is 70.9 Å². The molecule has 1 amide bonds. The van der Waals surface area contributed by atoms with Crippen LogP contribution in [0.4, 0.5) is 14.5 Å². The molecular formula is C19H16F2N2OS. The Morgan fingerprint density at radius 1 is 1.12 bits per heavy atom. The highest BCUT2D eigenvalue weighted by molar-refractivity contribution is 7.80. The Bertz CT molecular complexity index is 875. The van der Waals surface area contributed by atoms with Crippen LogP contribution in [0, 0.1) is 11.6 Å². The van der Waals surface area contributed by atoms with E-state index in [-0.39, 0.29) is 16.4 Å². The second-order valence-corrected chi connectivity index (χ2v) is 6.40. The van der Waals surface area contributed by atoms with Crippen molar-refractivity contribution in [3.63, 3.8) is 0 Å². The van der Waals surface area contributed by atoms with Gasteiger partial charge >= 0.3 is 0 Å². The average molecular weight is 358 g/mol. The van der Waals surface area contributed by atoms with Crippen LogP contribution in [0.2, 0.25) is 0 Å². The van der Waals surface area contributed by atoms with Gasteiger partial charge in [0.1, 0.15) is 5.70 Å². The van der Waals surface area contributed by atoms with Crippen LogP contribution in [-0.2, 0) is 4.79 Å². The quantitative estimate of drug-likeness (QED) is 0.654. The van der Waals surface area contributed by atoms with E-state index in [9.17, 15) is 13.6 Å². The molecule has 3 rings (SSSR count). The van der Waals surface area contributed by atoms with Crippen molar-refractivity contribution in [3.8, 4) is 0 Å². The van der Waals surface area contributed by atoms with Crippen molar-refractivity contribution in [2.45, 2.75) is 19.8 Å². The van der Waals surface area contributed by atoms with E-state index >= 15 is 0 Å². The van der Waals surface area contributed by atoms with Crippen LogP contribution in [0.25, 0.3) is 6.08 Å². The molecule has 1 N–H and O–H groups in total. The van der Waals surface area contributed by atoms with Crippen LogP contribution in [0.1, 0.15) is 30.9 Å². The Hall–Kier alpha value is -2.60. The summed E-state index contributed by atoms with van der Waals surface area (Å²) < 4.78 is 27.1. The van der Waals surface area contributed by atoms with Crippen LogP contribution < -0.4 is 10.2 Å². The number of anilines is 1. The van der Waals surface area contributed by atoms with E-state index in [0.29, 0.717) is 11.6 Å². The first-order valence-electron chi connectivity index (χ1n) is 7.79. The zero-order valence-corrected chi connectivity index (χ0v) is 14.5. The van der Waals surface area contributed by atoms with Crippen LogP contribution in [0.15, 0.2) is 48.2 Å². The largest absolute Gasteiger partial charge is 0.327 e. The smallest absolute Gasteiger partial charge is 0.281 e. The highest BCUT2D eigenvalue weighted by Gasteiger charge is 2.32. The Morgan fingerprint density at radius 3 is 2.44 bits per heavy atom. The third-order valence-corrected chi connectivity index (χ3v) is 4.26. The number of benzene rings is 2. The summed E-state index contributed by atoms with van der Waals surface area (Å²) in [6.45, 7) is 4.16. The topological polar surface area (TPSA) is 32.3 Å². The third-order valence-electron chi connectivity index (χ3n) is 3.98. The Labute approximate surface area is 150 Å². The monoisotopic (exact) mass is 358 g/mol. The van der Waals surface area contributed by atoms with Gasteiger partial charge in [-0.05, 0) is 48.0 Å². The Kier molecular flexibility index (Phi) is 4.63. The number of halogens is 2. The van der Waals surface area contributed by atoms with Gasteiger partial charge in [-0.25, -0.2) is 8.78 Å². The summed E-state index contributed by atoms with van der Waals surface area (Å²) in [5.74, 6) is -2.01. The molecule has 1 fully saturated rings. The molecule has 0 saturated carbocycles. The molecular weight excluding hydrogens is 342 g/mol. The average Bonchev–Trinajstić information content (AvgIpc) is 2.86. The first kappa shape index (κ1) is 17.2. The maximum atomic E-state index is 13.8. The van der Waals surface area contributed by atoms with Gasteiger partial charge in [0.2, 0.25) is 0 Å². The van der Waals surface area contributed by atoms with Gasteiger partial charge in [-0.3, -0.25) is 9.69 Å². The number of carbonyl (C=O) groups excluding carboxylic acids is 1. The Balaban J connectivity index is 1.92. The van der Waals surface area contributed by atoms with Crippen molar-refractivity contribution in [2.24, 2.45) is 0 Å². The highest BCUT2D eigenvalue weighted by Crippen LogP contribution is 2.25. The predicted octanol–water partition coefficient (Wildman–Crippen LogP) is 4.35. The molecule has 1 heterocycles. The lowest BCUT2D eigenvalue weighted by atomic mass is 10.0. The highest BCUT2D eigenvalue weighted by atomic mass is 32.1. The molecule has 0 radical (unpaired) electrons.